The Morgan fingerprint density at radius 1 is 1.18 bits per heavy atom. The molecule has 1 saturated heterocycles. The standard InChI is InChI=1S/C29H32FN7OS2.2C2H6/c1-20-7-12-32-23(17-20)36-28-34-18-24(40-28)39-22-8-13-33-26(25(22)30)27(38)35-19-29(21-5-3-2-4-6-21)9-14-37(15-10-29)16-11-31;2*1-2/h2-8,12-13,17-18,26,28,33-34H,9-10,14-16,19H2,1H3,(H,32,36)(H,35,38);2*1-2H3. The highest BCUT2D eigenvalue weighted by molar-refractivity contribution is 8.24. The van der Waals surface area contributed by atoms with E-state index in [0.29, 0.717) is 18.0 Å². The maximum atomic E-state index is 15.6. The number of carbonyl (C=O) groups is 1. The molecule has 236 valence electrons. The van der Waals surface area contributed by atoms with Crippen molar-refractivity contribution < 1.29 is 9.18 Å². The first-order valence-electron chi connectivity index (χ1n) is 15.2. The molecule has 0 spiro atoms. The van der Waals surface area contributed by atoms with Gasteiger partial charge in [0, 0.05) is 42.4 Å². The number of aryl methyl sites for hydroxylation is 1. The molecular weight excluding hydrogens is 594 g/mol. The number of rotatable bonds is 9. The van der Waals surface area contributed by atoms with Crippen LogP contribution in [0.25, 0.3) is 0 Å². The first kappa shape index (κ1) is 35.0. The van der Waals surface area contributed by atoms with E-state index in [0.717, 1.165) is 47.1 Å². The number of halogens is 1. The van der Waals surface area contributed by atoms with Gasteiger partial charge in [0.2, 0.25) is 5.91 Å². The molecule has 1 aromatic heterocycles. The number of dihydropyridines is 1. The Labute approximate surface area is 270 Å². The molecule has 5 rings (SSSR count). The quantitative estimate of drug-likeness (QED) is 0.234. The number of allylic oxidation sites excluding steroid dienone is 1. The number of hydrogen-bond acceptors (Lipinski definition) is 9. The Hall–Kier alpha value is -3.46. The Bertz CT molecular complexity index is 1350. The molecule has 0 bridgehead atoms. The number of piperidine rings is 1. The van der Waals surface area contributed by atoms with Crippen molar-refractivity contribution in [3.05, 3.63) is 93.2 Å². The summed E-state index contributed by atoms with van der Waals surface area (Å²) in [7, 11) is 0. The summed E-state index contributed by atoms with van der Waals surface area (Å²) in [4.78, 5) is 20.1. The third kappa shape index (κ3) is 9.27. The maximum absolute atomic E-state index is 15.6. The van der Waals surface area contributed by atoms with Gasteiger partial charge in [0.15, 0.2) is 11.5 Å². The van der Waals surface area contributed by atoms with Gasteiger partial charge >= 0.3 is 0 Å². The van der Waals surface area contributed by atoms with Crippen molar-refractivity contribution in [2.24, 2.45) is 0 Å². The van der Waals surface area contributed by atoms with Gasteiger partial charge in [0.05, 0.1) is 16.9 Å². The highest BCUT2D eigenvalue weighted by Crippen LogP contribution is 2.42. The van der Waals surface area contributed by atoms with Crippen molar-refractivity contribution in [2.75, 3.05) is 31.5 Å². The second-order valence-corrected chi connectivity index (χ2v) is 12.5. The molecule has 4 heterocycles. The number of nitrogens with zero attached hydrogens (tertiary/aromatic N) is 3. The largest absolute Gasteiger partial charge is 0.374 e. The van der Waals surface area contributed by atoms with Gasteiger partial charge in [-0.25, -0.2) is 9.37 Å². The Kier molecular flexibility index (Phi) is 14.1. The lowest BCUT2D eigenvalue weighted by Crippen LogP contribution is -2.52. The van der Waals surface area contributed by atoms with Crippen LogP contribution in [0.2, 0.25) is 0 Å². The highest BCUT2D eigenvalue weighted by atomic mass is 32.2. The second kappa shape index (κ2) is 17.7. The van der Waals surface area contributed by atoms with Gasteiger partial charge in [-0.2, -0.15) is 5.26 Å². The summed E-state index contributed by atoms with van der Waals surface area (Å²) >= 11 is 2.82. The van der Waals surface area contributed by atoms with E-state index in [1.54, 1.807) is 18.5 Å². The number of hydrogen-bond donors (Lipinski definition) is 4. The predicted molar refractivity (Wildman–Crippen MR) is 182 cm³/mol. The van der Waals surface area contributed by atoms with Crippen LogP contribution in [0, 0.1) is 18.3 Å². The molecular formula is C33H44FN7OS2. The summed E-state index contributed by atoms with van der Waals surface area (Å²) < 4.78 is 16.5. The average molecular weight is 638 g/mol. The first-order chi connectivity index (χ1) is 21.5. The smallest absolute Gasteiger partial charge is 0.249 e. The molecule has 8 nitrogen and oxygen atoms in total. The zero-order valence-corrected chi connectivity index (χ0v) is 27.8. The van der Waals surface area contributed by atoms with Crippen molar-refractivity contribution in [3.8, 4) is 6.07 Å². The molecule has 1 amide bonds. The topological polar surface area (TPSA) is 105 Å². The van der Waals surface area contributed by atoms with Gasteiger partial charge in [-0.1, -0.05) is 81.6 Å². The molecule has 2 unspecified atom stereocenters. The van der Waals surface area contributed by atoms with E-state index in [9.17, 15) is 4.79 Å². The Balaban J connectivity index is 0.00000127. The van der Waals surface area contributed by atoms with Crippen LogP contribution in [0.1, 0.15) is 51.7 Å². The monoisotopic (exact) mass is 637 g/mol. The van der Waals surface area contributed by atoms with Crippen LogP contribution in [0.15, 0.2) is 82.1 Å². The highest BCUT2D eigenvalue weighted by Gasteiger charge is 2.38. The molecule has 3 aliphatic rings. The minimum Gasteiger partial charge on any atom is -0.374 e. The van der Waals surface area contributed by atoms with E-state index in [1.165, 1.54) is 23.5 Å². The number of aromatic nitrogens is 1. The van der Waals surface area contributed by atoms with E-state index in [4.69, 9.17) is 5.26 Å². The summed E-state index contributed by atoms with van der Waals surface area (Å²) in [5.41, 5.74) is 1.87. The van der Waals surface area contributed by atoms with E-state index >= 15 is 4.39 Å². The number of pyridine rings is 1. The number of thioether (sulfide) groups is 2. The fourth-order valence-corrected chi connectivity index (χ4v) is 7.19. The van der Waals surface area contributed by atoms with Crippen molar-refractivity contribution in [3.63, 3.8) is 0 Å². The molecule has 0 saturated carbocycles. The summed E-state index contributed by atoms with van der Waals surface area (Å²) in [6.45, 7) is 12.4. The van der Waals surface area contributed by atoms with E-state index in [-0.39, 0.29) is 10.9 Å². The molecule has 11 heteroatoms. The molecule has 44 heavy (non-hydrogen) atoms. The van der Waals surface area contributed by atoms with Crippen molar-refractivity contribution in [1.82, 2.24) is 25.8 Å². The molecule has 4 N–H and O–H groups in total. The van der Waals surface area contributed by atoms with Crippen LogP contribution >= 0.6 is 23.5 Å². The fraction of sp³-hybridized carbons (Fsp3) is 0.424. The third-order valence-electron chi connectivity index (χ3n) is 7.33. The normalized spacial score (nSPS) is 20.3. The Morgan fingerprint density at radius 2 is 1.91 bits per heavy atom. The number of nitrogens with one attached hydrogen (secondary N) is 4. The van der Waals surface area contributed by atoms with Crippen molar-refractivity contribution in [2.45, 2.75) is 64.4 Å². The molecule has 0 radical (unpaired) electrons. The number of anilines is 1. The minimum atomic E-state index is -1.09. The third-order valence-corrected chi connectivity index (χ3v) is 9.58. The fourth-order valence-electron chi connectivity index (χ4n) is 5.06. The Morgan fingerprint density at radius 3 is 2.59 bits per heavy atom. The van der Waals surface area contributed by atoms with Crippen LogP contribution in [0.3, 0.4) is 0 Å². The van der Waals surface area contributed by atoms with Crippen LogP contribution in [0.5, 0.6) is 0 Å². The zero-order valence-electron chi connectivity index (χ0n) is 26.2. The van der Waals surface area contributed by atoms with Gasteiger partial charge in [-0.15, -0.1) is 0 Å². The summed E-state index contributed by atoms with van der Waals surface area (Å²) in [6.07, 6.45) is 8.50. The van der Waals surface area contributed by atoms with Gasteiger partial charge in [0.25, 0.3) is 0 Å². The van der Waals surface area contributed by atoms with Gasteiger partial charge < -0.3 is 21.3 Å². The summed E-state index contributed by atoms with van der Waals surface area (Å²) in [6, 6.07) is 15.2. The molecule has 1 aromatic carbocycles. The van der Waals surface area contributed by atoms with Crippen molar-refractivity contribution >= 4 is 35.2 Å². The lowest BCUT2D eigenvalue weighted by Gasteiger charge is -2.42. The maximum Gasteiger partial charge on any atom is 0.249 e. The lowest BCUT2D eigenvalue weighted by molar-refractivity contribution is -0.122. The number of carbonyl (C=O) groups excluding carboxylic acids is 1. The minimum absolute atomic E-state index is 0.126. The van der Waals surface area contributed by atoms with Gasteiger partial charge in [-0.3, -0.25) is 9.69 Å². The van der Waals surface area contributed by atoms with Crippen LogP contribution < -0.4 is 21.3 Å². The zero-order chi connectivity index (χ0) is 32.0. The lowest BCUT2D eigenvalue weighted by atomic mass is 9.72. The predicted octanol–water partition coefficient (Wildman–Crippen LogP) is 6.35. The molecule has 1 fully saturated rings. The second-order valence-electron chi connectivity index (χ2n) is 10.0. The molecule has 3 aliphatic heterocycles. The summed E-state index contributed by atoms with van der Waals surface area (Å²) in [5.74, 6) is -0.135. The number of amides is 1. The number of benzene rings is 1. The van der Waals surface area contributed by atoms with Crippen LogP contribution in [-0.2, 0) is 10.2 Å². The van der Waals surface area contributed by atoms with Crippen LogP contribution in [0.4, 0.5) is 10.2 Å². The van der Waals surface area contributed by atoms with Crippen LogP contribution in [-0.4, -0.2) is 53.5 Å². The first-order valence-corrected chi connectivity index (χ1v) is 16.9. The number of nitriles is 1. The SMILES string of the molecule is CC.CC.Cc1ccnc(NC2NC=C(SC3=C(F)C(C(=O)NCC4(c5ccccc5)CCN(CC#N)CC4)NC=C3)S2)c1. The van der Waals surface area contributed by atoms with Gasteiger partial charge in [0.1, 0.15) is 11.6 Å². The summed E-state index contributed by atoms with van der Waals surface area (Å²) in [5, 5.41) is 21.6. The molecule has 2 aromatic rings. The molecule has 2 atom stereocenters. The van der Waals surface area contributed by atoms with E-state index in [1.807, 2.05) is 71.2 Å². The number of likely N-dealkylation sites (tertiary alicyclic amines) is 1. The van der Waals surface area contributed by atoms with E-state index < -0.39 is 17.8 Å². The van der Waals surface area contributed by atoms with Crippen molar-refractivity contribution in [1.29, 1.82) is 5.26 Å². The average Bonchev–Trinajstić information content (AvgIpc) is 3.50. The molecule has 0 aliphatic carbocycles. The van der Waals surface area contributed by atoms with E-state index in [2.05, 4.69) is 49.4 Å². The van der Waals surface area contributed by atoms with Gasteiger partial charge in [-0.05, 0) is 55.3 Å².